The molecule has 0 aliphatic rings. The van der Waals surface area contributed by atoms with Crippen molar-refractivity contribution in [2.75, 3.05) is 18.1 Å². The number of pyridine rings is 1. The van der Waals surface area contributed by atoms with Crippen LogP contribution in [0, 0.1) is 0 Å². The number of amides is 1. The van der Waals surface area contributed by atoms with Gasteiger partial charge < -0.3 is 5.32 Å². The maximum absolute atomic E-state index is 12.5. The number of carbonyl (C=O) groups excluding carboxylic acids is 1. The normalized spacial score (nSPS) is 11.6. The van der Waals surface area contributed by atoms with Crippen LogP contribution in [0.4, 0.5) is 5.69 Å². The fourth-order valence-corrected chi connectivity index (χ4v) is 3.77. The van der Waals surface area contributed by atoms with Crippen molar-refractivity contribution >= 4 is 43.9 Å². The Morgan fingerprint density at radius 2 is 2.00 bits per heavy atom. The number of hydrogen-bond acceptors (Lipinski definition) is 5. The van der Waals surface area contributed by atoms with Crippen molar-refractivity contribution in [3.8, 4) is 0 Å². The topological polar surface area (TPSA) is 88.2 Å². The summed E-state index contributed by atoms with van der Waals surface area (Å²) in [4.78, 5) is 18.3. The molecule has 130 valence electrons. The summed E-state index contributed by atoms with van der Waals surface area (Å²) in [6, 6.07) is 12.9. The van der Waals surface area contributed by atoms with Crippen molar-refractivity contribution in [1.82, 2.24) is 9.71 Å². The van der Waals surface area contributed by atoms with E-state index in [1.54, 1.807) is 12.3 Å². The largest absolute Gasteiger partial charge is 0.321 e. The number of anilines is 1. The third-order valence-corrected chi connectivity index (χ3v) is 5.39. The molecule has 6 nitrogen and oxygen atoms in total. The highest BCUT2D eigenvalue weighted by atomic mass is 32.2. The van der Waals surface area contributed by atoms with Crippen LogP contribution in [0.5, 0.6) is 0 Å². The van der Waals surface area contributed by atoms with Crippen molar-refractivity contribution < 1.29 is 13.2 Å². The highest BCUT2D eigenvalue weighted by molar-refractivity contribution is 7.88. The minimum atomic E-state index is -3.20. The first-order chi connectivity index (χ1) is 11.9. The molecule has 0 radical (unpaired) electrons. The molecule has 8 heteroatoms. The number of rotatable bonds is 6. The lowest BCUT2D eigenvalue weighted by molar-refractivity contribution is 0.103. The Morgan fingerprint density at radius 3 is 2.80 bits per heavy atom. The zero-order valence-corrected chi connectivity index (χ0v) is 15.2. The first-order valence-electron chi connectivity index (χ1n) is 7.61. The van der Waals surface area contributed by atoms with Crippen molar-refractivity contribution in [3.63, 3.8) is 0 Å². The van der Waals surface area contributed by atoms with E-state index in [-0.39, 0.29) is 5.91 Å². The minimum Gasteiger partial charge on any atom is -0.321 e. The molecule has 0 bridgehead atoms. The monoisotopic (exact) mass is 375 g/mol. The van der Waals surface area contributed by atoms with E-state index < -0.39 is 10.0 Å². The molecule has 2 aromatic heterocycles. The summed E-state index contributed by atoms with van der Waals surface area (Å²) >= 11 is 1.35. The van der Waals surface area contributed by atoms with E-state index in [0.29, 0.717) is 23.5 Å². The number of nitrogens with zero attached hydrogens (tertiary/aromatic N) is 1. The van der Waals surface area contributed by atoms with Crippen molar-refractivity contribution in [3.05, 3.63) is 58.4 Å². The number of nitrogens with one attached hydrogen (secondary N) is 2. The maximum atomic E-state index is 12.5. The lowest BCUT2D eigenvalue weighted by atomic mass is 10.2. The molecule has 0 saturated heterocycles. The fourth-order valence-electron chi connectivity index (χ4n) is 2.39. The van der Waals surface area contributed by atoms with Gasteiger partial charge in [0.1, 0.15) is 0 Å². The quantitative estimate of drug-likeness (QED) is 0.693. The molecule has 0 unspecified atom stereocenters. The summed E-state index contributed by atoms with van der Waals surface area (Å²) in [6.07, 6.45) is 3.38. The van der Waals surface area contributed by atoms with Gasteiger partial charge in [-0.1, -0.05) is 6.07 Å². The van der Waals surface area contributed by atoms with Gasteiger partial charge >= 0.3 is 0 Å². The van der Waals surface area contributed by atoms with Crippen LogP contribution in [0.3, 0.4) is 0 Å². The van der Waals surface area contributed by atoms with Gasteiger partial charge in [-0.15, -0.1) is 11.3 Å². The minimum absolute atomic E-state index is 0.191. The predicted octanol–water partition coefficient (Wildman–Crippen LogP) is 2.64. The standard InChI is InChI=1S/C17H17N3O3S2/c1-25(22,23)19-11-9-12-7-8-16(24-12)17(21)20-15-6-2-5-14-13(15)4-3-10-18-14/h2-8,10,19H,9,11H2,1H3,(H,20,21). The van der Waals surface area contributed by atoms with Crippen molar-refractivity contribution in [1.29, 1.82) is 0 Å². The SMILES string of the molecule is CS(=O)(=O)NCCc1ccc(C(=O)Nc2cccc3ncccc23)s1. The van der Waals surface area contributed by atoms with E-state index in [2.05, 4.69) is 15.0 Å². The highest BCUT2D eigenvalue weighted by Crippen LogP contribution is 2.23. The van der Waals surface area contributed by atoms with E-state index in [0.717, 1.165) is 22.0 Å². The molecule has 0 spiro atoms. The van der Waals surface area contributed by atoms with Gasteiger partial charge in [-0.05, 0) is 42.8 Å². The molecule has 0 aliphatic carbocycles. The zero-order chi connectivity index (χ0) is 17.9. The molecular formula is C17H17N3O3S2. The third kappa shape index (κ3) is 4.62. The van der Waals surface area contributed by atoms with Gasteiger partial charge in [0.15, 0.2) is 0 Å². The average Bonchev–Trinajstić information content (AvgIpc) is 3.03. The van der Waals surface area contributed by atoms with E-state index in [9.17, 15) is 13.2 Å². The van der Waals surface area contributed by atoms with Gasteiger partial charge in [-0.25, -0.2) is 13.1 Å². The van der Waals surface area contributed by atoms with Crippen LogP contribution in [0.15, 0.2) is 48.7 Å². The van der Waals surface area contributed by atoms with E-state index in [4.69, 9.17) is 0 Å². The maximum Gasteiger partial charge on any atom is 0.265 e. The summed E-state index contributed by atoms with van der Waals surface area (Å²) in [6.45, 7) is 0.315. The Hall–Kier alpha value is -2.29. The Morgan fingerprint density at radius 1 is 1.16 bits per heavy atom. The van der Waals surface area contributed by atoms with Gasteiger partial charge in [0, 0.05) is 23.0 Å². The molecular weight excluding hydrogens is 358 g/mol. The molecule has 2 heterocycles. The Bertz CT molecular complexity index is 1010. The number of carbonyl (C=O) groups is 1. The number of hydrogen-bond donors (Lipinski definition) is 2. The highest BCUT2D eigenvalue weighted by Gasteiger charge is 2.11. The van der Waals surface area contributed by atoms with Crippen molar-refractivity contribution in [2.24, 2.45) is 0 Å². The van der Waals surface area contributed by atoms with Crippen LogP contribution in [0.25, 0.3) is 10.9 Å². The van der Waals surface area contributed by atoms with Crippen LogP contribution in [-0.2, 0) is 16.4 Å². The van der Waals surface area contributed by atoms with Crippen LogP contribution < -0.4 is 10.0 Å². The molecule has 0 fully saturated rings. The molecule has 0 aliphatic heterocycles. The second-order valence-corrected chi connectivity index (χ2v) is 8.51. The number of aromatic nitrogens is 1. The van der Waals surface area contributed by atoms with Crippen LogP contribution in [0.1, 0.15) is 14.5 Å². The number of fused-ring (bicyclic) bond motifs is 1. The molecule has 3 rings (SSSR count). The summed E-state index contributed by atoms with van der Waals surface area (Å²) in [5.74, 6) is -0.191. The Labute approximate surface area is 150 Å². The molecule has 2 N–H and O–H groups in total. The van der Waals surface area contributed by atoms with Crippen LogP contribution in [-0.4, -0.2) is 32.1 Å². The average molecular weight is 375 g/mol. The molecule has 3 aromatic rings. The number of thiophene rings is 1. The first kappa shape index (κ1) is 17.5. The second kappa shape index (κ2) is 7.30. The number of benzene rings is 1. The predicted molar refractivity (Wildman–Crippen MR) is 101 cm³/mol. The van der Waals surface area contributed by atoms with Crippen molar-refractivity contribution in [2.45, 2.75) is 6.42 Å². The Kier molecular flexibility index (Phi) is 5.12. The summed E-state index contributed by atoms with van der Waals surface area (Å²) in [5, 5.41) is 3.80. The van der Waals surface area contributed by atoms with E-state index in [1.807, 2.05) is 36.4 Å². The lowest BCUT2D eigenvalue weighted by Gasteiger charge is -2.07. The fraction of sp³-hybridized carbons (Fsp3) is 0.176. The summed E-state index contributed by atoms with van der Waals surface area (Å²) in [7, 11) is -3.20. The van der Waals surface area contributed by atoms with E-state index in [1.165, 1.54) is 11.3 Å². The van der Waals surface area contributed by atoms with Gasteiger partial charge in [-0.2, -0.15) is 0 Å². The summed E-state index contributed by atoms with van der Waals surface area (Å²) in [5.41, 5.74) is 1.53. The van der Waals surface area contributed by atoms with Gasteiger partial charge in [0.2, 0.25) is 10.0 Å². The van der Waals surface area contributed by atoms with Crippen LogP contribution >= 0.6 is 11.3 Å². The smallest absolute Gasteiger partial charge is 0.265 e. The summed E-state index contributed by atoms with van der Waals surface area (Å²) < 4.78 is 24.6. The number of sulfonamides is 1. The molecule has 25 heavy (non-hydrogen) atoms. The molecule has 1 amide bonds. The van der Waals surface area contributed by atoms with E-state index >= 15 is 0 Å². The van der Waals surface area contributed by atoms with Gasteiger partial charge in [-0.3, -0.25) is 9.78 Å². The van der Waals surface area contributed by atoms with Crippen LogP contribution in [0.2, 0.25) is 0 Å². The zero-order valence-electron chi connectivity index (χ0n) is 13.5. The third-order valence-electron chi connectivity index (χ3n) is 3.51. The lowest BCUT2D eigenvalue weighted by Crippen LogP contribution is -2.24. The Balaban J connectivity index is 1.69. The molecule has 0 saturated carbocycles. The first-order valence-corrected chi connectivity index (χ1v) is 10.3. The van der Waals surface area contributed by atoms with Gasteiger partial charge in [0.05, 0.1) is 22.3 Å². The molecule has 0 atom stereocenters. The molecule has 1 aromatic carbocycles. The second-order valence-electron chi connectivity index (χ2n) is 5.51. The van der Waals surface area contributed by atoms with Gasteiger partial charge in [0.25, 0.3) is 5.91 Å².